The molecule has 0 bridgehead atoms. The van der Waals surface area contributed by atoms with E-state index in [1.807, 2.05) is 0 Å². The number of rotatable bonds is 4. The molecule has 1 aliphatic heterocycles. The Hall–Kier alpha value is -1.46. The Morgan fingerprint density at radius 3 is 2.86 bits per heavy atom. The van der Waals surface area contributed by atoms with E-state index in [9.17, 15) is 9.59 Å². The van der Waals surface area contributed by atoms with Gasteiger partial charge in [0.15, 0.2) is 0 Å². The van der Waals surface area contributed by atoms with Crippen LogP contribution in [0.4, 0.5) is 10.5 Å². The van der Waals surface area contributed by atoms with Crippen LogP contribution in [-0.4, -0.2) is 35.1 Å². The van der Waals surface area contributed by atoms with Crippen LogP contribution >= 0.6 is 23.2 Å². The van der Waals surface area contributed by atoms with Crippen LogP contribution in [-0.2, 0) is 4.79 Å². The standard InChI is InChI=1S/C14H16Cl2N2O3/c15-10-2-3-11(16)12(7-10)17-14(21)18-6-5-9(8-18)1-4-13(19)20/h2-3,7,9H,1,4-6,8H2,(H,17,21)(H,19,20). The van der Waals surface area contributed by atoms with Gasteiger partial charge in [-0.2, -0.15) is 0 Å². The normalized spacial score (nSPS) is 17.8. The first kappa shape index (κ1) is 15.9. The molecule has 114 valence electrons. The van der Waals surface area contributed by atoms with Crippen molar-refractivity contribution >= 4 is 40.9 Å². The molecule has 0 spiro atoms. The maximum atomic E-state index is 12.2. The van der Waals surface area contributed by atoms with E-state index < -0.39 is 5.97 Å². The molecule has 1 aromatic rings. The number of nitrogens with zero attached hydrogens (tertiary/aromatic N) is 1. The predicted molar refractivity (Wildman–Crippen MR) is 82.0 cm³/mol. The number of urea groups is 1. The van der Waals surface area contributed by atoms with Gasteiger partial charge < -0.3 is 15.3 Å². The molecule has 0 saturated carbocycles. The average Bonchev–Trinajstić information content (AvgIpc) is 2.89. The molecule has 1 saturated heterocycles. The second kappa shape index (κ2) is 7.00. The molecule has 1 aromatic carbocycles. The van der Waals surface area contributed by atoms with E-state index >= 15 is 0 Å². The molecule has 1 fully saturated rings. The smallest absolute Gasteiger partial charge is 0.321 e. The van der Waals surface area contributed by atoms with Gasteiger partial charge in [0.1, 0.15) is 0 Å². The zero-order chi connectivity index (χ0) is 15.4. The van der Waals surface area contributed by atoms with E-state index in [1.165, 1.54) is 0 Å². The van der Waals surface area contributed by atoms with Gasteiger partial charge in [-0.25, -0.2) is 4.79 Å². The van der Waals surface area contributed by atoms with Crippen molar-refractivity contribution in [3.05, 3.63) is 28.2 Å². The Morgan fingerprint density at radius 1 is 1.38 bits per heavy atom. The fraction of sp³-hybridized carbons (Fsp3) is 0.429. The van der Waals surface area contributed by atoms with Crippen LogP contribution in [0.1, 0.15) is 19.3 Å². The molecule has 5 nitrogen and oxygen atoms in total. The summed E-state index contributed by atoms with van der Waals surface area (Å²) in [5.41, 5.74) is 0.475. The quantitative estimate of drug-likeness (QED) is 0.883. The average molecular weight is 331 g/mol. The van der Waals surface area contributed by atoms with Crippen LogP contribution in [0.2, 0.25) is 10.0 Å². The zero-order valence-corrected chi connectivity index (χ0v) is 12.8. The number of likely N-dealkylation sites (tertiary alicyclic amines) is 1. The molecule has 7 heteroatoms. The highest BCUT2D eigenvalue weighted by Gasteiger charge is 2.26. The summed E-state index contributed by atoms with van der Waals surface area (Å²) in [6.07, 6.45) is 1.56. The maximum absolute atomic E-state index is 12.2. The molecule has 1 unspecified atom stereocenters. The van der Waals surface area contributed by atoms with E-state index in [2.05, 4.69) is 5.32 Å². The molecule has 1 atom stereocenters. The van der Waals surface area contributed by atoms with E-state index in [1.54, 1.807) is 23.1 Å². The molecule has 2 N–H and O–H groups in total. The molecule has 0 aliphatic carbocycles. The summed E-state index contributed by atoms with van der Waals surface area (Å²) in [7, 11) is 0. The van der Waals surface area contributed by atoms with Gasteiger partial charge >= 0.3 is 12.0 Å². The lowest BCUT2D eigenvalue weighted by Gasteiger charge is -2.18. The fourth-order valence-corrected chi connectivity index (χ4v) is 2.70. The Labute approximate surface area is 132 Å². The van der Waals surface area contributed by atoms with Crippen molar-refractivity contribution in [2.75, 3.05) is 18.4 Å². The summed E-state index contributed by atoms with van der Waals surface area (Å²) in [6, 6.07) is 4.63. The van der Waals surface area contributed by atoms with E-state index in [-0.39, 0.29) is 18.4 Å². The molecule has 1 aliphatic rings. The molecule has 2 rings (SSSR count). The topological polar surface area (TPSA) is 69.6 Å². The molecule has 1 heterocycles. The molecule has 0 radical (unpaired) electrons. The first-order chi connectivity index (χ1) is 9.95. The lowest BCUT2D eigenvalue weighted by Crippen LogP contribution is -2.33. The van der Waals surface area contributed by atoms with Gasteiger partial charge in [-0.1, -0.05) is 23.2 Å². The van der Waals surface area contributed by atoms with Gasteiger partial charge in [-0.3, -0.25) is 4.79 Å². The number of hydrogen-bond acceptors (Lipinski definition) is 2. The van der Waals surface area contributed by atoms with Crippen molar-refractivity contribution in [2.24, 2.45) is 5.92 Å². The summed E-state index contributed by atoms with van der Waals surface area (Å²) in [4.78, 5) is 24.4. The number of anilines is 1. The summed E-state index contributed by atoms with van der Waals surface area (Å²) >= 11 is 11.9. The minimum absolute atomic E-state index is 0.139. The lowest BCUT2D eigenvalue weighted by molar-refractivity contribution is -0.137. The maximum Gasteiger partial charge on any atom is 0.321 e. The third kappa shape index (κ3) is 4.51. The SMILES string of the molecule is O=C(O)CCC1CCN(C(=O)Nc2cc(Cl)ccc2Cl)C1. The van der Waals surface area contributed by atoms with Gasteiger partial charge in [0.2, 0.25) is 0 Å². The highest BCUT2D eigenvalue weighted by molar-refractivity contribution is 6.35. The van der Waals surface area contributed by atoms with Crippen LogP contribution in [0.25, 0.3) is 0 Å². The van der Waals surface area contributed by atoms with Gasteiger partial charge in [0, 0.05) is 24.5 Å². The van der Waals surface area contributed by atoms with Crippen LogP contribution < -0.4 is 5.32 Å². The first-order valence-electron chi connectivity index (χ1n) is 6.68. The van der Waals surface area contributed by atoms with Crippen LogP contribution in [0.15, 0.2) is 18.2 Å². The number of nitrogens with one attached hydrogen (secondary N) is 1. The highest BCUT2D eigenvalue weighted by atomic mass is 35.5. The number of amides is 2. The largest absolute Gasteiger partial charge is 0.481 e. The number of carbonyl (C=O) groups is 2. The van der Waals surface area contributed by atoms with Crippen LogP contribution in [0, 0.1) is 5.92 Å². The molecule has 0 aromatic heterocycles. The number of carboxylic acid groups (broad SMARTS) is 1. The zero-order valence-electron chi connectivity index (χ0n) is 11.3. The fourth-order valence-electron chi connectivity index (χ4n) is 2.37. The van der Waals surface area contributed by atoms with Crippen molar-refractivity contribution < 1.29 is 14.7 Å². The minimum Gasteiger partial charge on any atom is -0.481 e. The number of halogens is 2. The number of carboxylic acids is 1. The van der Waals surface area contributed by atoms with Crippen molar-refractivity contribution in [2.45, 2.75) is 19.3 Å². The third-order valence-electron chi connectivity index (χ3n) is 3.51. The van der Waals surface area contributed by atoms with Gasteiger partial charge in [0.05, 0.1) is 10.7 Å². The number of carbonyl (C=O) groups excluding carboxylic acids is 1. The second-order valence-corrected chi connectivity index (χ2v) is 5.93. The number of aliphatic carboxylic acids is 1. The second-order valence-electron chi connectivity index (χ2n) is 5.09. The van der Waals surface area contributed by atoms with Crippen molar-refractivity contribution in [1.29, 1.82) is 0 Å². The Balaban J connectivity index is 1.90. The monoisotopic (exact) mass is 330 g/mol. The molecular formula is C14H16Cl2N2O3. The van der Waals surface area contributed by atoms with Gasteiger partial charge in [-0.15, -0.1) is 0 Å². The highest BCUT2D eigenvalue weighted by Crippen LogP contribution is 2.27. The summed E-state index contributed by atoms with van der Waals surface area (Å²) < 4.78 is 0. The number of hydrogen-bond donors (Lipinski definition) is 2. The molecule has 2 amide bonds. The van der Waals surface area contributed by atoms with E-state index in [0.29, 0.717) is 35.2 Å². The van der Waals surface area contributed by atoms with Crippen molar-refractivity contribution in [3.8, 4) is 0 Å². The van der Waals surface area contributed by atoms with Crippen molar-refractivity contribution in [3.63, 3.8) is 0 Å². The molecular weight excluding hydrogens is 315 g/mol. The van der Waals surface area contributed by atoms with Crippen LogP contribution in [0.3, 0.4) is 0 Å². The Morgan fingerprint density at radius 2 is 2.14 bits per heavy atom. The van der Waals surface area contributed by atoms with Gasteiger partial charge in [-0.05, 0) is 37.0 Å². The van der Waals surface area contributed by atoms with E-state index in [4.69, 9.17) is 28.3 Å². The number of benzene rings is 1. The summed E-state index contributed by atoms with van der Waals surface area (Å²) in [6.45, 7) is 1.19. The third-order valence-corrected chi connectivity index (χ3v) is 4.07. The van der Waals surface area contributed by atoms with E-state index in [0.717, 1.165) is 6.42 Å². The molecule has 21 heavy (non-hydrogen) atoms. The minimum atomic E-state index is -0.802. The van der Waals surface area contributed by atoms with Crippen LogP contribution in [0.5, 0.6) is 0 Å². The van der Waals surface area contributed by atoms with Crippen molar-refractivity contribution in [1.82, 2.24) is 4.90 Å². The first-order valence-corrected chi connectivity index (χ1v) is 7.44. The summed E-state index contributed by atoms with van der Waals surface area (Å²) in [5, 5.41) is 12.3. The Kier molecular flexibility index (Phi) is 5.31. The lowest BCUT2D eigenvalue weighted by atomic mass is 10.0. The van der Waals surface area contributed by atoms with Gasteiger partial charge in [0.25, 0.3) is 0 Å². The predicted octanol–water partition coefficient (Wildman–Crippen LogP) is 3.71. The summed E-state index contributed by atoms with van der Waals surface area (Å²) in [5.74, 6) is -0.565. The Bertz CT molecular complexity index is 551.